The fourth-order valence-corrected chi connectivity index (χ4v) is 3.97. The third kappa shape index (κ3) is 3.74. The van der Waals surface area contributed by atoms with E-state index >= 15 is 0 Å². The second-order valence-corrected chi connectivity index (χ2v) is 6.81. The lowest BCUT2D eigenvalue weighted by atomic mass is 9.95. The molecule has 1 aliphatic carbocycles. The van der Waals surface area contributed by atoms with Crippen molar-refractivity contribution in [2.24, 2.45) is 5.92 Å². The second-order valence-electron chi connectivity index (χ2n) is 6.81. The molecule has 6 heteroatoms. The quantitative estimate of drug-likeness (QED) is 0.919. The van der Waals surface area contributed by atoms with Crippen LogP contribution in [0.3, 0.4) is 0 Å². The number of rotatable bonds is 4. The average Bonchev–Trinajstić information content (AvgIpc) is 3.25. The third-order valence-electron chi connectivity index (χ3n) is 5.15. The zero-order valence-corrected chi connectivity index (χ0v) is 13.8. The Morgan fingerprint density at radius 2 is 2.00 bits per heavy atom. The van der Waals surface area contributed by atoms with Crippen LogP contribution in [0, 0.1) is 5.92 Å². The number of amides is 2. The smallest absolute Gasteiger partial charge is 0.245 e. The number of nitrogens with zero attached hydrogens (tertiary/aromatic N) is 3. The van der Waals surface area contributed by atoms with Gasteiger partial charge in [-0.2, -0.15) is 0 Å². The molecule has 1 aromatic heterocycles. The third-order valence-corrected chi connectivity index (χ3v) is 5.15. The Kier molecular flexibility index (Phi) is 4.98. The van der Waals surface area contributed by atoms with Crippen molar-refractivity contribution in [3.05, 3.63) is 18.7 Å². The van der Waals surface area contributed by atoms with Crippen LogP contribution in [-0.4, -0.2) is 45.4 Å². The molecule has 0 aromatic carbocycles. The Hall–Kier alpha value is -1.85. The maximum atomic E-state index is 13.0. The SMILES string of the molecule is CC(=O)N[C@H](C(=O)N1CCC[C@@H](n2ccnc2)C1)C1CCCC1. The molecule has 126 valence electrons. The van der Waals surface area contributed by atoms with Gasteiger partial charge in [-0.15, -0.1) is 0 Å². The zero-order valence-electron chi connectivity index (χ0n) is 13.8. The van der Waals surface area contributed by atoms with Crippen molar-refractivity contribution >= 4 is 11.8 Å². The second kappa shape index (κ2) is 7.15. The van der Waals surface area contributed by atoms with Crippen LogP contribution in [-0.2, 0) is 9.59 Å². The summed E-state index contributed by atoms with van der Waals surface area (Å²) in [5.41, 5.74) is 0. The molecule has 0 spiro atoms. The first-order valence-corrected chi connectivity index (χ1v) is 8.68. The first-order valence-electron chi connectivity index (χ1n) is 8.68. The number of piperidine rings is 1. The molecule has 1 aliphatic heterocycles. The molecule has 2 atom stereocenters. The predicted molar refractivity (Wildman–Crippen MR) is 86.6 cm³/mol. The van der Waals surface area contributed by atoms with E-state index in [2.05, 4.69) is 14.9 Å². The topological polar surface area (TPSA) is 67.2 Å². The van der Waals surface area contributed by atoms with Crippen LogP contribution in [0.2, 0.25) is 0 Å². The first-order chi connectivity index (χ1) is 11.1. The van der Waals surface area contributed by atoms with E-state index < -0.39 is 0 Å². The minimum atomic E-state index is -0.350. The van der Waals surface area contributed by atoms with Gasteiger partial charge in [-0.1, -0.05) is 12.8 Å². The summed E-state index contributed by atoms with van der Waals surface area (Å²) in [7, 11) is 0. The molecule has 1 saturated carbocycles. The van der Waals surface area contributed by atoms with Gasteiger partial charge in [-0.25, -0.2) is 4.98 Å². The van der Waals surface area contributed by atoms with Crippen LogP contribution in [0.4, 0.5) is 0 Å². The van der Waals surface area contributed by atoms with Crippen molar-refractivity contribution in [2.75, 3.05) is 13.1 Å². The molecular formula is C17H26N4O2. The summed E-state index contributed by atoms with van der Waals surface area (Å²) in [6.07, 6.45) is 12.0. The normalized spacial score (nSPS) is 23.7. The maximum absolute atomic E-state index is 13.0. The van der Waals surface area contributed by atoms with Gasteiger partial charge in [0.1, 0.15) is 6.04 Å². The molecule has 2 fully saturated rings. The Morgan fingerprint density at radius 1 is 1.22 bits per heavy atom. The molecule has 2 aliphatic rings. The molecule has 0 bridgehead atoms. The number of imidazole rings is 1. The fraction of sp³-hybridized carbons (Fsp3) is 0.706. The number of hydrogen-bond acceptors (Lipinski definition) is 3. The standard InChI is InChI=1S/C17H26N4O2/c1-13(22)19-16(14-5-2-3-6-14)17(23)20-9-4-7-15(11-20)21-10-8-18-12-21/h8,10,12,14-16H,2-7,9,11H2,1H3,(H,19,22)/t15-,16+/m1/s1. The fourth-order valence-electron chi connectivity index (χ4n) is 3.97. The number of nitrogens with one attached hydrogen (secondary N) is 1. The molecule has 1 N–H and O–H groups in total. The number of likely N-dealkylation sites (tertiary alicyclic amines) is 1. The van der Waals surface area contributed by atoms with Gasteiger partial charge in [0.15, 0.2) is 0 Å². The molecule has 23 heavy (non-hydrogen) atoms. The van der Waals surface area contributed by atoms with Crippen molar-refractivity contribution in [1.29, 1.82) is 0 Å². The maximum Gasteiger partial charge on any atom is 0.245 e. The van der Waals surface area contributed by atoms with Crippen molar-refractivity contribution < 1.29 is 9.59 Å². The number of carbonyl (C=O) groups excluding carboxylic acids is 2. The highest BCUT2D eigenvalue weighted by molar-refractivity contribution is 5.87. The molecule has 6 nitrogen and oxygen atoms in total. The molecule has 3 rings (SSSR count). The van der Waals surface area contributed by atoms with Gasteiger partial charge in [0.2, 0.25) is 11.8 Å². The van der Waals surface area contributed by atoms with E-state index in [0.717, 1.165) is 45.1 Å². The summed E-state index contributed by atoms with van der Waals surface area (Å²) >= 11 is 0. The van der Waals surface area contributed by atoms with E-state index in [0.29, 0.717) is 12.5 Å². The Bertz CT molecular complexity index is 537. The lowest BCUT2D eigenvalue weighted by molar-refractivity contribution is -0.139. The molecular weight excluding hydrogens is 292 g/mol. The van der Waals surface area contributed by atoms with E-state index in [1.165, 1.54) is 6.92 Å². The first kappa shape index (κ1) is 16.0. The van der Waals surface area contributed by atoms with E-state index in [1.807, 2.05) is 17.4 Å². The molecule has 0 unspecified atom stereocenters. The monoisotopic (exact) mass is 318 g/mol. The summed E-state index contributed by atoms with van der Waals surface area (Å²) < 4.78 is 2.09. The molecule has 1 saturated heterocycles. The highest BCUT2D eigenvalue weighted by Gasteiger charge is 2.35. The Labute approximate surface area is 137 Å². The van der Waals surface area contributed by atoms with E-state index in [4.69, 9.17) is 0 Å². The summed E-state index contributed by atoms with van der Waals surface area (Å²) in [5.74, 6) is 0.273. The van der Waals surface area contributed by atoms with Gasteiger partial charge in [0.05, 0.1) is 12.4 Å². The highest BCUT2D eigenvalue weighted by Crippen LogP contribution is 2.30. The number of aromatic nitrogens is 2. The lowest BCUT2D eigenvalue weighted by Gasteiger charge is -2.36. The van der Waals surface area contributed by atoms with Gasteiger partial charge in [0.25, 0.3) is 0 Å². The van der Waals surface area contributed by atoms with E-state index in [-0.39, 0.29) is 23.9 Å². The van der Waals surface area contributed by atoms with Crippen LogP contribution < -0.4 is 5.32 Å². The molecule has 2 amide bonds. The zero-order chi connectivity index (χ0) is 16.2. The van der Waals surface area contributed by atoms with Crippen LogP contribution in [0.25, 0.3) is 0 Å². The van der Waals surface area contributed by atoms with Crippen LogP contribution in [0.5, 0.6) is 0 Å². The van der Waals surface area contributed by atoms with Crippen LogP contribution >= 0.6 is 0 Å². The van der Waals surface area contributed by atoms with Crippen molar-refractivity contribution in [3.63, 3.8) is 0 Å². The minimum Gasteiger partial charge on any atom is -0.344 e. The summed E-state index contributed by atoms with van der Waals surface area (Å²) in [4.78, 5) is 30.6. The van der Waals surface area contributed by atoms with E-state index in [1.54, 1.807) is 6.20 Å². The number of hydrogen-bond donors (Lipinski definition) is 1. The van der Waals surface area contributed by atoms with Crippen molar-refractivity contribution in [3.8, 4) is 0 Å². The van der Waals surface area contributed by atoms with Gasteiger partial charge < -0.3 is 14.8 Å². The minimum absolute atomic E-state index is 0.0944. The summed E-state index contributed by atoms with van der Waals surface area (Å²) in [6, 6.07) is -0.0618. The van der Waals surface area contributed by atoms with Crippen molar-refractivity contribution in [2.45, 2.75) is 57.5 Å². The highest BCUT2D eigenvalue weighted by atomic mass is 16.2. The van der Waals surface area contributed by atoms with Gasteiger partial charge >= 0.3 is 0 Å². The Morgan fingerprint density at radius 3 is 2.65 bits per heavy atom. The summed E-state index contributed by atoms with van der Waals surface area (Å²) in [6.45, 7) is 2.99. The number of carbonyl (C=O) groups is 2. The lowest BCUT2D eigenvalue weighted by Crippen LogP contribution is -2.53. The largest absolute Gasteiger partial charge is 0.344 e. The molecule has 1 aromatic rings. The Balaban J connectivity index is 1.69. The van der Waals surface area contributed by atoms with Gasteiger partial charge in [-0.3, -0.25) is 9.59 Å². The average molecular weight is 318 g/mol. The van der Waals surface area contributed by atoms with Gasteiger partial charge in [-0.05, 0) is 31.6 Å². The van der Waals surface area contributed by atoms with Crippen molar-refractivity contribution in [1.82, 2.24) is 19.8 Å². The summed E-state index contributed by atoms with van der Waals surface area (Å²) in [5, 5.41) is 2.92. The van der Waals surface area contributed by atoms with Crippen LogP contribution in [0.15, 0.2) is 18.7 Å². The van der Waals surface area contributed by atoms with Gasteiger partial charge in [0, 0.05) is 32.4 Å². The van der Waals surface area contributed by atoms with Crippen LogP contribution in [0.1, 0.15) is 51.5 Å². The molecule has 2 heterocycles. The predicted octanol–water partition coefficient (Wildman–Crippen LogP) is 1.74. The molecule has 0 radical (unpaired) electrons. The van der Waals surface area contributed by atoms with E-state index in [9.17, 15) is 9.59 Å².